The third-order valence-corrected chi connectivity index (χ3v) is 5.14. The van der Waals surface area contributed by atoms with Crippen LogP contribution in [0.3, 0.4) is 0 Å². The lowest BCUT2D eigenvalue weighted by molar-refractivity contribution is -0.125. The first-order valence-electron chi connectivity index (χ1n) is 7.40. The highest BCUT2D eigenvalue weighted by atomic mass is 35.5. The molecule has 1 saturated heterocycles. The van der Waals surface area contributed by atoms with Gasteiger partial charge in [0.05, 0.1) is 9.93 Å². The van der Waals surface area contributed by atoms with Crippen LogP contribution in [0.15, 0.2) is 45.7 Å². The van der Waals surface area contributed by atoms with Crippen molar-refractivity contribution in [2.24, 2.45) is 0 Å². The smallest absolute Gasteiger partial charge is 0.266 e. The van der Waals surface area contributed by atoms with Crippen LogP contribution in [-0.2, 0) is 4.79 Å². The molecular formula is C18H16ClNO2S2. The van der Waals surface area contributed by atoms with Gasteiger partial charge in [0.15, 0.2) is 0 Å². The van der Waals surface area contributed by atoms with Crippen LogP contribution in [0.2, 0.25) is 5.02 Å². The fraction of sp³-hybridized carbons (Fsp3) is 0.222. The fourth-order valence-electron chi connectivity index (χ4n) is 2.41. The molecule has 3 rings (SSSR count). The summed E-state index contributed by atoms with van der Waals surface area (Å²) in [6.45, 7) is 5.88. The van der Waals surface area contributed by atoms with E-state index in [1.807, 2.05) is 57.2 Å². The number of furan rings is 1. The zero-order valence-corrected chi connectivity index (χ0v) is 15.9. The first-order chi connectivity index (χ1) is 11.3. The number of nitrogens with zero attached hydrogens (tertiary/aromatic N) is 1. The molecule has 0 unspecified atom stereocenters. The zero-order valence-electron chi connectivity index (χ0n) is 13.5. The van der Waals surface area contributed by atoms with Crippen LogP contribution in [-0.4, -0.2) is 20.7 Å². The van der Waals surface area contributed by atoms with Crippen molar-refractivity contribution in [2.45, 2.75) is 26.3 Å². The SMILES string of the molecule is CC(C)(C)N1C(=O)/C(=C\c2ccc(-c3ccccc3Cl)o2)SC1=S. The summed E-state index contributed by atoms with van der Waals surface area (Å²) in [7, 11) is 0. The van der Waals surface area contributed by atoms with E-state index >= 15 is 0 Å². The van der Waals surface area contributed by atoms with E-state index < -0.39 is 0 Å². The Balaban J connectivity index is 1.90. The van der Waals surface area contributed by atoms with E-state index in [-0.39, 0.29) is 11.4 Å². The number of thioether (sulfide) groups is 1. The van der Waals surface area contributed by atoms with E-state index in [0.29, 0.717) is 25.8 Å². The first kappa shape index (κ1) is 17.3. The van der Waals surface area contributed by atoms with Crippen molar-refractivity contribution in [1.82, 2.24) is 4.90 Å². The number of carbonyl (C=O) groups excluding carboxylic acids is 1. The molecule has 1 fully saturated rings. The lowest BCUT2D eigenvalue weighted by atomic mass is 10.1. The van der Waals surface area contributed by atoms with Crippen LogP contribution in [0.4, 0.5) is 0 Å². The molecular weight excluding hydrogens is 362 g/mol. The number of benzene rings is 1. The Morgan fingerprint density at radius 2 is 1.92 bits per heavy atom. The Morgan fingerprint density at radius 3 is 2.54 bits per heavy atom. The second-order valence-corrected chi connectivity index (χ2v) is 8.45. The van der Waals surface area contributed by atoms with Crippen molar-refractivity contribution >= 4 is 51.9 Å². The van der Waals surface area contributed by atoms with Gasteiger partial charge in [-0.3, -0.25) is 9.69 Å². The average molecular weight is 378 g/mol. The van der Waals surface area contributed by atoms with Crippen molar-refractivity contribution in [3.05, 3.63) is 52.1 Å². The Labute approximate surface area is 155 Å². The Hall–Kier alpha value is -1.56. The minimum atomic E-state index is -0.345. The van der Waals surface area contributed by atoms with Crippen LogP contribution >= 0.6 is 35.6 Å². The highest BCUT2D eigenvalue weighted by Crippen LogP contribution is 2.37. The van der Waals surface area contributed by atoms with Gasteiger partial charge < -0.3 is 4.42 Å². The van der Waals surface area contributed by atoms with Gasteiger partial charge in [-0.1, -0.05) is 47.7 Å². The van der Waals surface area contributed by atoms with Crippen molar-refractivity contribution in [2.75, 3.05) is 0 Å². The van der Waals surface area contributed by atoms with Gasteiger partial charge in [-0.25, -0.2) is 0 Å². The summed E-state index contributed by atoms with van der Waals surface area (Å²) in [5, 5.41) is 0.623. The zero-order chi connectivity index (χ0) is 17.5. The first-order valence-corrected chi connectivity index (χ1v) is 9.00. The van der Waals surface area contributed by atoms with E-state index in [9.17, 15) is 4.79 Å². The van der Waals surface area contributed by atoms with Crippen molar-refractivity contribution in [1.29, 1.82) is 0 Å². The largest absolute Gasteiger partial charge is 0.457 e. The van der Waals surface area contributed by atoms with Gasteiger partial charge in [0.1, 0.15) is 15.8 Å². The number of amides is 1. The van der Waals surface area contributed by atoms with E-state index in [1.54, 1.807) is 11.0 Å². The maximum atomic E-state index is 12.6. The van der Waals surface area contributed by atoms with Crippen LogP contribution in [0.25, 0.3) is 17.4 Å². The van der Waals surface area contributed by atoms with Crippen LogP contribution in [0, 0.1) is 0 Å². The van der Waals surface area contributed by atoms with Crippen molar-refractivity contribution < 1.29 is 9.21 Å². The number of hydrogen-bond donors (Lipinski definition) is 0. The Bertz CT molecular complexity index is 849. The van der Waals surface area contributed by atoms with E-state index in [4.69, 9.17) is 28.2 Å². The summed E-state index contributed by atoms with van der Waals surface area (Å²) in [5.74, 6) is 1.17. The predicted molar refractivity (Wildman–Crippen MR) is 104 cm³/mol. The number of hydrogen-bond acceptors (Lipinski definition) is 4. The van der Waals surface area contributed by atoms with Gasteiger partial charge >= 0.3 is 0 Å². The van der Waals surface area contributed by atoms with Gasteiger partial charge in [-0.05, 0) is 45.0 Å². The number of rotatable bonds is 2. The van der Waals surface area contributed by atoms with Gasteiger partial charge in [-0.2, -0.15) is 0 Å². The highest BCUT2D eigenvalue weighted by Gasteiger charge is 2.39. The minimum Gasteiger partial charge on any atom is -0.457 e. The molecule has 0 atom stereocenters. The predicted octanol–water partition coefficient (Wildman–Crippen LogP) is 5.60. The molecule has 1 aliphatic rings. The van der Waals surface area contributed by atoms with E-state index in [1.165, 1.54) is 11.8 Å². The molecule has 1 aromatic carbocycles. The normalized spacial score (nSPS) is 17.2. The van der Waals surface area contributed by atoms with Crippen molar-refractivity contribution in [3.8, 4) is 11.3 Å². The topological polar surface area (TPSA) is 33.5 Å². The quantitative estimate of drug-likeness (QED) is 0.503. The molecule has 0 bridgehead atoms. The maximum Gasteiger partial charge on any atom is 0.266 e. The lowest BCUT2D eigenvalue weighted by Crippen LogP contribution is -2.44. The fourth-order valence-corrected chi connectivity index (χ4v) is 4.26. The summed E-state index contributed by atoms with van der Waals surface area (Å²) in [6.07, 6.45) is 1.73. The molecule has 3 nitrogen and oxygen atoms in total. The van der Waals surface area contributed by atoms with Crippen molar-refractivity contribution in [3.63, 3.8) is 0 Å². The minimum absolute atomic E-state index is 0.0896. The summed E-state index contributed by atoms with van der Waals surface area (Å²) < 4.78 is 6.40. The molecule has 0 aliphatic carbocycles. The number of carbonyl (C=O) groups is 1. The second-order valence-electron chi connectivity index (χ2n) is 6.37. The van der Waals surface area contributed by atoms with Gasteiger partial charge in [0.2, 0.25) is 0 Å². The number of thiocarbonyl (C=S) groups is 1. The molecule has 0 radical (unpaired) electrons. The molecule has 24 heavy (non-hydrogen) atoms. The van der Waals surface area contributed by atoms with Gasteiger partial charge in [0.25, 0.3) is 5.91 Å². The van der Waals surface area contributed by atoms with Gasteiger partial charge in [0, 0.05) is 17.2 Å². The standard InChI is InChI=1S/C18H16ClNO2S2/c1-18(2,3)20-16(21)15(24-17(20)23)10-11-8-9-14(22-11)12-6-4-5-7-13(12)19/h4-10H,1-3H3/b15-10+. The molecule has 2 aromatic rings. The average Bonchev–Trinajstić information content (AvgIpc) is 3.04. The summed E-state index contributed by atoms with van der Waals surface area (Å²) >= 11 is 12.8. The molecule has 0 N–H and O–H groups in total. The lowest BCUT2D eigenvalue weighted by Gasteiger charge is -2.30. The van der Waals surface area contributed by atoms with E-state index in [2.05, 4.69) is 0 Å². The summed E-state index contributed by atoms with van der Waals surface area (Å²) in [4.78, 5) is 14.8. The Kier molecular flexibility index (Phi) is 4.60. The molecule has 1 amide bonds. The van der Waals surface area contributed by atoms with Gasteiger partial charge in [-0.15, -0.1) is 0 Å². The van der Waals surface area contributed by atoms with Crippen LogP contribution in [0.1, 0.15) is 26.5 Å². The molecule has 124 valence electrons. The molecule has 0 saturated carbocycles. The maximum absolute atomic E-state index is 12.6. The molecule has 2 heterocycles. The molecule has 1 aliphatic heterocycles. The van der Waals surface area contributed by atoms with E-state index in [0.717, 1.165) is 5.56 Å². The number of halogens is 1. The highest BCUT2D eigenvalue weighted by molar-refractivity contribution is 8.26. The third-order valence-electron chi connectivity index (χ3n) is 3.50. The summed E-state index contributed by atoms with van der Waals surface area (Å²) in [6, 6.07) is 11.1. The molecule has 1 aromatic heterocycles. The monoisotopic (exact) mass is 377 g/mol. The molecule has 0 spiro atoms. The third kappa shape index (κ3) is 3.29. The van der Waals surface area contributed by atoms with Crippen LogP contribution < -0.4 is 0 Å². The Morgan fingerprint density at radius 1 is 1.21 bits per heavy atom. The van der Waals surface area contributed by atoms with Crippen LogP contribution in [0.5, 0.6) is 0 Å². The summed E-state index contributed by atoms with van der Waals surface area (Å²) in [5.41, 5.74) is 0.476. The second kappa shape index (κ2) is 6.39. The molecule has 6 heteroatoms.